The molecule has 0 aliphatic carbocycles. The molecule has 2 heterocycles. The van der Waals surface area contributed by atoms with E-state index in [4.69, 9.17) is 11.5 Å². The molecule has 0 aromatic carbocycles. The van der Waals surface area contributed by atoms with Crippen LogP contribution in [-0.4, -0.2) is 32.9 Å². The Morgan fingerprint density at radius 1 is 0.824 bits per heavy atom. The van der Waals surface area contributed by atoms with E-state index in [0.29, 0.717) is 5.82 Å². The van der Waals surface area contributed by atoms with Crippen LogP contribution in [0, 0.1) is 0 Å². The van der Waals surface area contributed by atoms with Gasteiger partial charge in [0.15, 0.2) is 0 Å². The Morgan fingerprint density at radius 2 is 1.35 bits per heavy atom. The summed E-state index contributed by atoms with van der Waals surface area (Å²) in [5.74, 6) is 1.09. The van der Waals surface area contributed by atoms with Crippen molar-refractivity contribution in [3.8, 4) is 0 Å². The first-order valence-corrected chi connectivity index (χ1v) is 6.22. The maximum absolute atomic E-state index is 5.56. The van der Waals surface area contributed by atoms with E-state index < -0.39 is 0 Å². The van der Waals surface area contributed by atoms with Crippen molar-refractivity contribution >= 4 is 11.9 Å². The number of aromatic nitrogens is 3. The van der Waals surface area contributed by atoms with Crippen LogP contribution in [-0.2, 0) is 6.54 Å². The first kappa shape index (κ1) is 12.0. The minimum absolute atomic E-state index is 0.208. The Hall–Kier alpha value is -1.43. The van der Waals surface area contributed by atoms with Crippen molar-refractivity contribution in [2.75, 3.05) is 24.6 Å². The van der Waals surface area contributed by atoms with Gasteiger partial charge < -0.3 is 11.5 Å². The van der Waals surface area contributed by atoms with Gasteiger partial charge in [-0.3, -0.25) is 4.90 Å². The zero-order chi connectivity index (χ0) is 12.1. The third kappa shape index (κ3) is 3.81. The van der Waals surface area contributed by atoms with Crippen molar-refractivity contribution in [2.45, 2.75) is 38.6 Å². The maximum atomic E-state index is 5.56. The highest BCUT2D eigenvalue weighted by Crippen LogP contribution is 2.12. The predicted molar refractivity (Wildman–Crippen MR) is 67.0 cm³/mol. The summed E-state index contributed by atoms with van der Waals surface area (Å²) in [5.41, 5.74) is 11.1. The molecule has 94 valence electrons. The summed E-state index contributed by atoms with van der Waals surface area (Å²) in [4.78, 5) is 14.4. The van der Waals surface area contributed by atoms with Gasteiger partial charge in [0.1, 0.15) is 5.82 Å². The molecule has 1 aliphatic heterocycles. The predicted octanol–water partition coefficient (Wildman–Crippen LogP) is 0.802. The van der Waals surface area contributed by atoms with Gasteiger partial charge in [0, 0.05) is 0 Å². The number of nitrogens with zero attached hydrogens (tertiary/aromatic N) is 4. The van der Waals surface area contributed by atoms with E-state index in [1.807, 2.05) is 0 Å². The van der Waals surface area contributed by atoms with Crippen molar-refractivity contribution in [1.29, 1.82) is 0 Å². The molecule has 1 aromatic rings. The standard InChI is InChI=1S/C11H20N6/c12-10-14-9(15-11(13)16-10)8-17-6-4-2-1-3-5-7-17/h1-8H2,(H4,12,13,14,15,16). The van der Waals surface area contributed by atoms with Crippen LogP contribution in [0.2, 0.25) is 0 Å². The first-order valence-electron chi connectivity index (χ1n) is 6.22. The van der Waals surface area contributed by atoms with E-state index in [1.54, 1.807) is 0 Å². The highest BCUT2D eigenvalue weighted by Gasteiger charge is 2.11. The first-order chi connectivity index (χ1) is 8.24. The van der Waals surface area contributed by atoms with E-state index in [2.05, 4.69) is 19.9 Å². The molecule has 0 spiro atoms. The Bertz CT molecular complexity index is 339. The highest BCUT2D eigenvalue weighted by atomic mass is 15.2. The molecular weight excluding hydrogens is 216 g/mol. The number of anilines is 2. The van der Waals surface area contributed by atoms with Crippen molar-refractivity contribution in [3.63, 3.8) is 0 Å². The normalized spacial score (nSPS) is 18.6. The van der Waals surface area contributed by atoms with Gasteiger partial charge in [-0.1, -0.05) is 19.3 Å². The summed E-state index contributed by atoms with van der Waals surface area (Å²) in [5, 5.41) is 0. The maximum Gasteiger partial charge on any atom is 0.225 e. The summed E-state index contributed by atoms with van der Waals surface area (Å²) in [6.45, 7) is 2.92. The molecule has 1 fully saturated rings. The number of nitrogens with two attached hydrogens (primary N) is 2. The van der Waals surface area contributed by atoms with E-state index in [0.717, 1.165) is 19.6 Å². The smallest absolute Gasteiger partial charge is 0.225 e. The summed E-state index contributed by atoms with van der Waals surface area (Å²) in [6, 6.07) is 0. The average Bonchev–Trinajstić information content (AvgIpc) is 2.20. The molecular formula is C11H20N6. The molecule has 1 aromatic heterocycles. The van der Waals surface area contributed by atoms with Crippen LogP contribution in [0.15, 0.2) is 0 Å². The second kappa shape index (κ2) is 5.77. The number of rotatable bonds is 2. The zero-order valence-electron chi connectivity index (χ0n) is 10.1. The second-order valence-electron chi connectivity index (χ2n) is 4.51. The third-order valence-corrected chi connectivity index (χ3v) is 3.03. The van der Waals surface area contributed by atoms with Crippen molar-refractivity contribution in [1.82, 2.24) is 19.9 Å². The van der Waals surface area contributed by atoms with Gasteiger partial charge in [-0.15, -0.1) is 0 Å². The summed E-state index contributed by atoms with van der Waals surface area (Å²) in [6.07, 6.45) is 6.49. The second-order valence-corrected chi connectivity index (χ2v) is 4.51. The van der Waals surface area contributed by atoms with E-state index in [9.17, 15) is 0 Å². The van der Waals surface area contributed by atoms with Gasteiger partial charge >= 0.3 is 0 Å². The summed E-state index contributed by atoms with van der Waals surface area (Å²) >= 11 is 0. The average molecular weight is 236 g/mol. The quantitative estimate of drug-likeness (QED) is 0.789. The lowest BCUT2D eigenvalue weighted by Gasteiger charge is -2.23. The molecule has 0 radical (unpaired) electrons. The summed E-state index contributed by atoms with van der Waals surface area (Å²) < 4.78 is 0. The Balaban J connectivity index is 1.97. The van der Waals surface area contributed by atoms with Crippen LogP contribution in [0.3, 0.4) is 0 Å². The minimum Gasteiger partial charge on any atom is -0.368 e. The Kier molecular flexibility index (Phi) is 4.08. The van der Waals surface area contributed by atoms with E-state index in [1.165, 1.54) is 32.1 Å². The lowest BCUT2D eigenvalue weighted by atomic mass is 10.1. The van der Waals surface area contributed by atoms with Crippen LogP contribution >= 0.6 is 0 Å². The van der Waals surface area contributed by atoms with Gasteiger partial charge in [0.05, 0.1) is 6.54 Å². The molecule has 0 unspecified atom stereocenters. The lowest BCUT2D eigenvalue weighted by molar-refractivity contribution is 0.234. The molecule has 17 heavy (non-hydrogen) atoms. The molecule has 6 heteroatoms. The molecule has 0 amide bonds. The largest absolute Gasteiger partial charge is 0.368 e. The van der Waals surface area contributed by atoms with Crippen molar-refractivity contribution in [3.05, 3.63) is 5.82 Å². The molecule has 6 nitrogen and oxygen atoms in total. The molecule has 0 saturated carbocycles. The van der Waals surface area contributed by atoms with Gasteiger partial charge in [-0.25, -0.2) is 0 Å². The minimum atomic E-state index is 0.208. The van der Waals surface area contributed by atoms with Crippen LogP contribution in [0.25, 0.3) is 0 Å². The van der Waals surface area contributed by atoms with E-state index >= 15 is 0 Å². The Morgan fingerprint density at radius 3 is 1.94 bits per heavy atom. The van der Waals surface area contributed by atoms with Crippen LogP contribution in [0.4, 0.5) is 11.9 Å². The van der Waals surface area contributed by atoms with E-state index in [-0.39, 0.29) is 11.9 Å². The van der Waals surface area contributed by atoms with Gasteiger partial charge in [-0.2, -0.15) is 15.0 Å². The Labute approximate surface area is 101 Å². The van der Waals surface area contributed by atoms with Crippen molar-refractivity contribution < 1.29 is 0 Å². The molecule has 0 atom stereocenters. The van der Waals surface area contributed by atoms with Gasteiger partial charge in [-0.05, 0) is 25.9 Å². The van der Waals surface area contributed by atoms with Gasteiger partial charge in [0.2, 0.25) is 11.9 Å². The number of likely N-dealkylation sites (tertiary alicyclic amines) is 1. The third-order valence-electron chi connectivity index (χ3n) is 3.03. The van der Waals surface area contributed by atoms with Gasteiger partial charge in [0.25, 0.3) is 0 Å². The molecule has 1 saturated heterocycles. The van der Waals surface area contributed by atoms with Crippen LogP contribution in [0.5, 0.6) is 0 Å². The van der Waals surface area contributed by atoms with Crippen LogP contribution in [0.1, 0.15) is 37.9 Å². The number of hydrogen-bond acceptors (Lipinski definition) is 6. The molecule has 4 N–H and O–H groups in total. The SMILES string of the molecule is Nc1nc(N)nc(CN2CCCCCCC2)n1. The number of nitrogen functional groups attached to an aromatic ring is 2. The number of hydrogen-bond donors (Lipinski definition) is 2. The fraction of sp³-hybridized carbons (Fsp3) is 0.727. The molecule has 1 aliphatic rings. The molecule has 2 rings (SSSR count). The van der Waals surface area contributed by atoms with Crippen LogP contribution < -0.4 is 11.5 Å². The van der Waals surface area contributed by atoms with Crippen molar-refractivity contribution in [2.24, 2.45) is 0 Å². The summed E-state index contributed by atoms with van der Waals surface area (Å²) in [7, 11) is 0. The zero-order valence-corrected chi connectivity index (χ0v) is 10.1. The highest BCUT2D eigenvalue weighted by molar-refractivity contribution is 5.25. The molecule has 0 bridgehead atoms. The monoisotopic (exact) mass is 236 g/mol. The fourth-order valence-corrected chi connectivity index (χ4v) is 2.20. The lowest BCUT2D eigenvalue weighted by Crippen LogP contribution is -2.28. The fourth-order valence-electron chi connectivity index (χ4n) is 2.20. The topological polar surface area (TPSA) is 93.9 Å².